The van der Waals surface area contributed by atoms with Gasteiger partial charge in [-0.2, -0.15) is 0 Å². The van der Waals surface area contributed by atoms with Gasteiger partial charge in [0.2, 0.25) is 5.91 Å². The first-order chi connectivity index (χ1) is 10.5. The van der Waals surface area contributed by atoms with Crippen LogP contribution in [-0.4, -0.2) is 40.1 Å². The number of aliphatic hydroxyl groups excluding tert-OH is 1. The topological polar surface area (TPSA) is 52.6 Å². The van der Waals surface area contributed by atoms with Gasteiger partial charge in [-0.25, -0.2) is 0 Å². The van der Waals surface area contributed by atoms with E-state index in [0.717, 1.165) is 24.0 Å². The third-order valence-corrected chi connectivity index (χ3v) is 5.35. The number of benzene rings is 1. The molecule has 1 aromatic carbocycles. The molecule has 2 N–H and O–H groups in total. The summed E-state index contributed by atoms with van der Waals surface area (Å²) in [6.45, 7) is 6.35. The molecule has 1 heterocycles. The number of aliphatic hydroxyl groups is 1. The number of rotatable bonds is 3. The van der Waals surface area contributed by atoms with Crippen LogP contribution in [0, 0.1) is 0 Å². The maximum atomic E-state index is 12.7. The van der Waals surface area contributed by atoms with Crippen LogP contribution in [-0.2, 0) is 11.2 Å². The van der Waals surface area contributed by atoms with E-state index in [2.05, 4.69) is 24.1 Å². The van der Waals surface area contributed by atoms with E-state index in [0.29, 0.717) is 18.5 Å². The van der Waals surface area contributed by atoms with Gasteiger partial charge in [-0.05, 0) is 44.7 Å². The molecular weight excluding hydrogens is 276 g/mol. The number of fused-ring (bicyclic) bond motifs is 1. The first-order valence-corrected chi connectivity index (χ1v) is 8.32. The first-order valence-electron chi connectivity index (χ1n) is 8.32. The quantitative estimate of drug-likeness (QED) is 0.898. The van der Waals surface area contributed by atoms with Gasteiger partial charge in [-0.3, -0.25) is 9.69 Å². The Labute approximate surface area is 132 Å². The molecular formula is C18H26N2O2. The molecule has 0 radical (unpaired) electrons. The zero-order valence-corrected chi connectivity index (χ0v) is 13.6. The summed E-state index contributed by atoms with van der Waals surface area (Å²) in [5.41, 5.74) is 2.19. The van der Waals surface area contributed by atoms with Gasteiger partial charge in [0.25, 0.3) is 0 Å². The van der Waals surface area contributed by atoms with Gasteiger partial charge in [-0.1, -0.05) is 24.3 Å². The number of likely N-dealkylation sites (tertiary alicyclic amines) is 1. The summed E-state index contributed by atoms with van der Waals surface area (Å²) in [7, 11) is 0. The second kappa shape index (κ2) is 6.01. The van der Waals surface area contributed by atoms with Crippen molar-refractivity contribution in [2.75, 3.05) is 0 Å². The lowest BCUT2D eigenvalue weighted by atomic mass is 10.1. The molecule has 1 fully saturated rings. The summed E-state index contributed by atoms with van der Waals surface area (Å²) in [6.07, 6.45) is 2.38. The Kier molecular flexibility index (Phi) is 4.24. The van der Waals surface area contributed by atoms with Gasteiger partial charge in [-0.15, -0.1) is 0 Å². The normalized spacial score (nSPS) is 32.7. The predicted octanol–water partition coefficient (Wildman–Crippen LogP) is 2.02. The SMILES string of the molecule is CC1CCC(C)N1C(C)C(=O)N[C@H]1c2ccccc2C[C@H]1O. The van der Waals surface area contributed by atoms with E-state index in [1.165, 1.54) is 0 Å². The average molecular weight is 302 g/mol. The van der Waals surface area contributed by atoms with Crippen molar-refractivity contribution in [1.29, 1.82) is 0 Å². The minimum absolute atomic E-state index is 0.0151. The predicted molar refractivity (Wildman–Crippen MR) is 86.5 cm³/mol. The molecule has 4 nitrogen and oxygen atoms in total. The Balaban J connectivity index is 1.72. The number of nitrogens with zero attached hydrogens (tertiary/aromatic N) is 1. The number of carbonyl (C=O) groups is 1. The van der Waals surface area contributed by atoms with Crippen molar-refractivity contribution < 1.29 is 9.90 Å². The Bertz CT molecular complexity index is 550. The molecule has 22 heavy (non-hydrogen) atoms. The summed E-state index contributed by atoms with van der Waals surface area (Å²) in [6, 6.07) is 8.41. The van der Waals surface area contributed by atoms with Gasteiger partial charge in [0.15, 0.2) is 0 Å². The van der Waals surface area contributed by atoms with E-state index in [9.17, 15) is 9.90 Å². The van der Waals surface area contributed by atoms with Crippen molar-refractivity contribution in [2.45, 2.75) is 70.3 Å². The third-order valence-electron chi connectivity index (χ3n) is 5.35. The van der Waals surface area contributed by atoms with E-state index < -0.39 is 6.10 Å². The zero-order chi connectivity index (χ0) is 15.9. The number of carbonyl (C=O) groups excluding carboxylic acids is 1. The van der Waals surface area contributed by atoms with Crippen molar-refractivity contribution >= 4 is 5.91 Å². The molecule has 4 heteroatoms. The Morgan fingerprint density at radius 3 is 2.59 bits per heavy atom. The van der Waals surface area contributed by atoms with Crippen LogP contribution in [0.5, 0.6) is 0 Å². The van der Waals surface area contributed by atoms with Gasteiger partial charge in [0.1, 0.15) is 0 Å². The van der Waals surface area contributed by atoms with Crippen molar-refractivity contribution in [2.24, 2.45) is 0 Å². The molecule has 2 aliphatic rings. The fraction of sp³-hybridized carbons (Fsp3) is 0.611. The first kappa shape index (κ1) is 15.5. The van der Waals surface area contributed by atoms with Crippen LogP contribution in [0.25, 0.3) is 0 Å². The van der Waals surface area contributed by atoms with Crippen molar-refractivity contribution in [3.63, 3.8) is 0 Å². The van der Waals surface area contributed by atoms with E-state index in [1.54, 1.807) is 0 Å². The van der Waals surface area contributed by atoms with Gasteiger partial charge in [0, 0.05) is 18.5 Å². The van der Waals surface area contributed by atoms with Crippen LogP contribution < -0.4 is 5.32 Å². The number of amides is 1. The molecule has 1 aromatic rings. The van der Waals surface area contributed by atoms with Crippen LogP contribution >= 0.6 is 0 Å². The highest BCUT2D eigenvalue weighted by atomic mass is 16.3. The van der Waals surface area contributed by atoms with Crippen LogP contribution in [0.1, 0.15) is 50.8 Å². The summed E-state index contributed by atoms with van der Waals surface area (Å²) >= 11 is 0. The van der Waals surface area contributed by atoms with Crippen LogP contribution in [0.3, 0.4) is 0 Å². The minimum atomic E-state index is -0.526. The molecule has 3 unspecified atom stereocenters. The van der Waals surface area contributed by atoms with Crippen LogP contribution in [0.15, 0.2) is 24.3 Å². The molecule has 5 atom stereocenters. The lowest BCUT2D eigenvalue weighted by molar-refractivity contribution is -0.128. The summed E-state index contributed by atoms with van der Waals surface area (Å²) in [4.78, 5) is 15.0. The molecule has 3 rings (SSSR count). The lowest BCUT2D eigenvalue weighted by Gasteiger charge is -2.32. The molecule has 120 valence electrons. The van der Waals surface area contributed by atoms with Crippen LogP contribution in [0.4, 0.5) is 0 Å². The fourth-order valence-electron chi connectivity index (χ4n) is 4.14. The summed E-state index contributed by atoms with van der Waals surface area (Å²) in [5, 5.41) is 13.4. The molecule has 0 aromatic heterocycles. The summed E-state index contributed by atoms with van der Waals surface area (Å²) in [5.74, 6) is 0.0151. The minimum Gasteiger partial charge on any atom is -0.390 e. The van der Waals surface area contributed by atoms with E-state index in [1.807, 2.05) is 31.2 Å². The molecule has 0 spiro atoms. The molecule has 0 saturated carbocycles. The monoisotopic (exact) mass is 302 g/mol. The Morgan fingerprint density at radius 2 is 1.91 bits per heavy atom. The second-order valence-electron chi connectivity index (χ2n) is 6.86. The van der Waals surface area contributed by atoms with E-state index >= 15 is 0 Å². The molecule has 1 aliphatic heterocycles. The smallest absolute Gasteiger partial charge is 0.237 e. The third kappa shape index (κ3) is 2.66. The molecule has 0 bridgehead atoms. The zero-order valence-electron chi connectivity index (χ0n) is 13.6. The number of hydrogen-bond donors (Lipinski definition) is 2. The average Bonchev–Trinajstić information content (AvgIpc) is 2.99. The second-order valence-corrected chi connectivity index (χ2v) is 6.86. The lowest BCUT2D eigenvalue weighted by Crippen LogP contribution is -2.50. The maximum absolute atomic E-state index is 12.7. The standard InChI is InChI=1S/C18H26N2O2/c1-11-8-9-12(2)20(11)13(3)18(22)19-17-15-7-5-4-6-14(15)10-16(17)21/h4-7,11-13,16-17,21H,8-10H2,1-3H3,(H,19,22)/t11?,12?,13?,16-,17+/m1/s1. The summed E-state index contributed by atoms with van der Waals surface area (Å²) < 4.78 is 0. The van der Waals surface area contributed by atoms with E-state index in [4.69, 9.17) is 0 Å². The number of hydrogen-bond acceptors (Lipinski definition) is 3. The maximum Gasteiger partial charge on any atom is 0.237 e. The Morgan fingerprint density at radius 1 is 1.27 bits per heavy atom. The fourth-order valence-corrected chi connectivity index (χ4v) is 4.14. The Hall–Kier alpha value is -1.39. The van der Waals surface area contributed by atoms with Crippen molar-refractivity contribution in [3.05, 3.63) is 35.4 Å². The highest BCUT2D eigenvalue weighted by Crippen LogP contribution is 2.32. The van der Waals surface area contributed by atoms with Gasteiger partial charge in [0.05, 0.1) is 18.2 Å². The highest BCUT2D eigenvalue weighted by molar-refractivity contribution is 5.82. The van der Waals surface area contributed by atoms with Crippen molar-refractivity contribution in [3.8, 4) is 0 Å². The largest absolute Gasteiger partial charge is 0.390 e. The number of nitrogens with one attached hydrogen (secondary N) is 1. The van der Waals surface area contributed by atoms with E-state index in [-0.39, 0.29) is 18.0 Å². The molecule has 1 amide bonds. The molecule has 1 aliphatic carbocycles. The van der Waals surface area contributed by atoms with Crippen LogP contribution in [0.2, 0.25) is 0 Å². The van der Waals surface area contributed by atoms with Gasteiger partial charge < -0.3 is 10.4 Å². The molecule has 1 saturated heterocycles. The van der Waals surface area contributed by atoms with Crippen molar-refractivity contribution in [1.82, 2.24) is 10.2 Å². The highest BCUT2D eigenvalue weighted by Gasteiger charge is 2.37. The van der Waals surface area contributed by atoms with Gasteiger partial charge >= 0.3 is 0 Å².